The smallest absolute Gasteiger partial charge is 0.260 e. The highest BCUT2D eigenvalue weighted by atomic mass is 16.2. The number of hydrazine groups is 1. The zero-order valence-electron chi connectivity index (χ0n) is 8.74. The molecule has 0 aliphatic carbocycles. The van der Waals surface area contributed by atoms with Crippen molar-refractivity contribution in [2.24, 2.45) is 10.7 Å². The van der Waals surface area contributed by atoms with Gasteiger partial charge in [-0.15, -0.1) is 0 Å². The Hall–Kier alpha value is -1.30. The van der Waals surface area contributed by atoms with Gasteiger partial charge < -0.3 is 11.1 Å². The third-order valence-electron chi connectivity index (χ3n) is 1.78. The molecule has 0 aromatic rings. The largest absolute Gasteiger partial charge is 0.370 e. The standard InChI is InChI=1S/C8H17N5O/c1-5(2)10-8(9)11-6-4-13(3)12-7(6)14/h5-6H,4H2,1-3H3,(H,12,14)(H3,9,10,11). The Bertz CT molecular complexity index is 250. The number of carbonyl (C=O) groups is 1. The van der Waals surface area contributed by atoms with Gasteiger partial charge in [0.15, 0.2) is 5.96 Å². The monoisotopic (exact) mass is 199 g/mol. The van der Waals surface area contributed by atoms with Gasteiger partial charge in [-0.3, -0.25) is 10.2 Å². The third-order valence-corrected chi connectivity index (χ3v) is 1.78. The lowest BCUT2D eigenvalue weighted by atomic mass is 10.3. The summed E-state index contributed by atoms with van der Waals surface area (Å²) in [5.74, 6) is 0.205. The summed E-state index contributed by atoms with van der Waals surface area (Å²) in [6.07, 6.45) is 0. The highest BCUT2D eigenvalue weighted by Gasteiger charge is 2.27. The molecule has 0 aromatic carbocycles. The van der Waals surface area contributed by atoms with E-state index in [4.69, 9.17) is 5.73 Å². The fraction of sp³-hybridized carbons (Fsp3) is 0.750. The molecule has 1 saturated heterocycles. The van der Waals surface area contributed by atoms with Crippen molar-refractivity contribution >= 4 is 11.9 Å². The number of amides is 1. The molecule has 6 nitrogen and oxygen atoms in total. The minimum Gasteiger partial charge on any atom is -0.370 e. The van der Waals surface area contributed by atoms with Crippen molar-refractivity contribution in [1.29, 1.82) is 0 Å². The quantitative estimate of drug-likeness (QED) is 0.379. The number of rotatable bonds is 2. The van der Waals surface area contributed by atoms with Crippen molar-refractivity contribution in [3.8, 4) is 0 Å². The number of hydrogen-bond donors (Lipinski definition) is 3. The molecule has 80 valence electrons. The average molecular weight is 199 g/mol. The van der Waals surface area contributed by atoms with Crippen molar-refractivity contribution in [2.75, 3.05) is 13.6 Å². The highest BCUT2D eigenvalue weighted by molar-refractivity contribution is 5.87. The zero-order chi connectivity index (χ0) is 10.7. The van der Waals surface area contributed by atoms with Crippen LogP contribution in [0.1, 0.15) is 13.8 Å². The van der Waals surface area contributed by atoms with Crippen molar-refractivity contribution in [2.45, 2.75) is 25.9 Å². The molecule has 1 heterocycles. The lowest BCUT2D eigenvalue weighted by Crippen LogP contribution is -2.38. The van der Waals surface area contributed by atoms with Gasteiger partial charge >= 0.3 is 0 Å². The number of guanidine groups is 1. The van der Waals surface area contributed by atoms with Crippen molar-refractivity contribution < 1.29 is 4.79 Å². The number of likely N-dealkylation sites (N-methyl/N-ethyl adjacent to an activating group) is 1. The van der Waals surface area contributed by atoms with E-state index in [0.29, 0.717) is 12.5 Å². The first-order valence-corrected chi connectivity index (χ1v) is 4.60. The Morgan fingerprint density at radius 1 is 1.79 bits per heavy atom. The van der Waals surface area contributed by atoms with E-state index in [1.807, 2.05) is 13.8 Å². The van der Waals surface area contributed by atoms with Crippen LogP contribution in [0.5, 0.6) is 0 Å². The molecule has 1 rings (SSSR count). The molecule has 0 saturated carbocycles. The molecule has 0 radical (unpaired) electrons. The second-order valence-corrected chi connectivity index (χ2v) is 3.69. The van der Waals surface area contributed by atoms with Crippen molar-refractivity contribution in [1.82, 2.24) is 15.8 Å². The van der Waals surface area contributed by atoms with E-state index in [2.05, 4.69) is 15.7 Å². The molecule has 1 amide bonds. The molecule has 6 heteroatoms. The number of nitrogens with zero attached hydrogens (tertiary/aromatic N) is 2. The van der Waals surface area contributed by atoms with E-state index in [0.717, 1.165) is 0 Å². The van der Waals surface area contributed by atoms with Crippen LogP contribution >= 0.6 is 0 Å². The van der Waals surface area contributed by atoms with Crippen LogP contribution in [0, 0.1) is 0 Å². The molecule has 1 atom stereocenters. The number of nitrogens with two attached hydrogens (primary N) is 1. The first-order chi connectivity index (χ1) is 6.49. The highest BCUT2D eigenvalue weighted by Crippen LogP contribution is 2.01. The van der Waals surface area contributed by atoms with Gasteiger partial charge in [0, 0.05) is 19.6 Å². The van der Waals surface area contributed by atoms with Crippen LogP contribution in [0.4, 0.5) is 0 Å². The van der Waals surface area contributed by atoms with Crippen LogP contribution in [0.3, 0.4) is 0 Å². The predicted molar refractivity (Wildman–Crippen MR) is 54.5 cm³/mol. The van der Waals surface area contributed by atoms with E-state index < -0.39 is 6.04 Å². The summed E-state index contributed by atoms with van der Waals surface area (Å²) in [4.78, 5) is 15.3. The van der Waals surface area contributed by atoms with Crippen LogP contribution in [0.2, 0.25) is 0 Å². The molecular formula is C8H17N5O. The molecule has 1 fully saturated rings. The summed E-state index contributed by atoms with van der Waals surface area (Å²) in [5.41, 5.74) is 8.23. The van der Waals surface area contributed by atoms with Gasteiger partial charge in [0.05, 0.1) is 0 Å². The molecule has 0 aromatic heterocycles. The Morgan fingerprint density at radius 2 is 2.43 bits per heavy atom. The summed E-state index contributed by atoms with van der Waals surface area (Å²) in [6.45, 7) is 4.48. The third kappa shape index (κ3) is 2.88. The van der Waals surface area contributed by atoms with Crippen LogP contribution in [-0.2, 0) is 4.79 Å². The fourth-order valence-electron chi connectivity index (χ4n) is 1.25. The minimum atomic E-state index is -0.397. The first kappa shape index (κ1) is 10.8. The first-order valence-electron chi connectivity index (χ1n) is 4.60. The van der Waals surface area contributed by atoms with E-state index in [1.54, 1.807) is 12.1 Å². The maximum absolute atomic E-state index is 11.3. The maximum atomic E-state index is 11.3. The Kier molecular flexibility index (Phi) is 3.29. The molecular weight excluding hydrogens is 182 g/mol. The van der Waals surface area contributed by atoms with Crippen LogP contribution < -0.4 is 16.5 Å². The topological polar surface area (TPSA) is 82.8 Å². The molecule has 14 heavy (non-hydrogen) atoms. The number of carbonyl (C=O) groups excluding carboxylic acids is 1. The molecule has 0 spiro atoms. The van der Waals surface area contributed by atoms with Crippen LogP contribution in [0.25, 0.3) is 0 Å². The number of nitrogens with one attached hydrogen (secondary N) is 2. The maximum Gasteiger partial charge on any atom is 0.260 e. The van der Waals surface area contributed by atoms with Gasteiger partial charge in [-0.1, -0.05) is 0 Å². The average Bonchev–Trinajstić information content (AvgIpc) is 2.28. The van der Waals surface area contributed by atoms with E-state index in [1.165, 1.54) is 0 Å². The van der Waals surface area contributed by atoms with E-state index >= 15 is 0 Å². The normalized spacial score (nSPS) is 24.1. The SMILES string of the molecule is CC(C)NC(N)=NC1CN(C)NC1=O. The Morgan fingerprint density at radius 3 is 2.86 bits per heavy atom. The summed E-state index contributed by atoms with van der Waals surface area (Å²) in [6, 6.07) is -0.174. The summed E-state index contributed by atoms with van der Waals surface area (Å²) in [5, 5.41) is 4.63. The molecule has 0 bridgehead atoms. The van der Waals surface area contributed by atoms with Gasteiger partial charge in [0.2, 0.25) is 0 Å². The van der Waals surface area contributed by atoms with E-state index in [9.17, 15) is 4.79 Å². The summed E-state index contributed by atoms with van der Waals surface area (Å²) < 4.78 is 0. The van der Waals surface area contributed by atoms with Crippen molar-refractivity contribution in [3.05, 3.63) is 0 Å². The van der Waals surface area contributed by atoms with Crippen LogP contribution in [-0.4, -0.2) is 42.6 Å². The van der Waals surface area contributed by atoms with Gasteiger partial charge in [0.1, 0.15) is 6.04 Å². The Labute approximate surface area is 83.5 Å². The van der Waals surface area contributed by atoms with Crippen molar-refractivity contribution in [3.63, 3.8) is 0 Å². The van der Waals surface area contributed by atoms with Gasteiger partial charge in [-0.05, 0) is 13.8 Å². The molecule has 1 aliphatic rings. The second-order valence-electron chi connectivity index (χ2n) is 3.69. The lowest BCUT2D eigenvalue weighted by Gasteiger charge is -2.09. The lowest BCUT2D eigenvalue weighted by molar-refractivity contribution is -0.121. The number of hydrogen-bond acceptors (Lipinski definition) is 3. The second kappa shape index (κ2) is 4.28. The summed E-state index contributed by atoms with van der Waals surface area (Å²) >= 11 is 0. The summed E-state index contributed by atoms with van der Waals surface area (Å²) in [7, 11) is 1.79. The minimum absolute atomic E-state index is 0.110. The van der Waals surface area contributed by atoms with Gasteiger partial charge in [-0.2, -0.15) is 0 Å². The molecule has 4 N–H and O–H groups in total. The van der Waals surface area contributed by atoms with Gasteiger partial charge in [0.25, 0.3) is 5.91 Å². The molecule has 1 unspecified atom stereocenters. The van der Waals surface area contributed by atoms with E-state index in [-0.39, 0.29) is 11.9 Å². The fourth-order valence-corrected chi connectivity index (χ4v) is 1.25. The number of aliphatic imine (C=N–C) groups is 1. The predicted octanol–water partition coefficient (Wildman–Crippen LogP) is -1.36. The Balaban J connectivity index is 2.54. The molecule has 1 aliphatic heterocycles. The van der Waals surface area contributed by atoms with Crippen LogP contribution in [0.15, 0.2) is 4.99 Å². The zero-order valence-corrected chi connectivity index (χ0v) is 8.74. The van der Waals surface area contributed by atoms with Gasteiger partial charge in [-0.25, -0.2) is 10.0 Å².